The van der Waals surface area contributed by atoms with Crippen molar-refractivity contribution in [2.45, 2.75) is 152 Å². The summed E-state index contributed by atoms with van der Waals surface area (Å²) in [5, 5.41) is 1.00. The molecule has 0 saturated carbocycles. The third-order valence-electron chi connectivity index (χ3n) is 12.6. The van der Waals surface area contributed by atoms with Gasteiger partial charge in [0.1, 0.15) is 29.8 Å². The van der Waals surface area contributed by atoms with Crippen molar-refractivity contribution in [1.82, 2.24) is 0 Å². The Balaban J connectivity index is 1.54. The predicted molar refractivity (Wildman–Crippen MR) is 263 cm³/mol. The third-order valence-corrected chi connectivity index (χ3v) is 14.0. The van der Waals surface area contributed by atoms with Gasteiger partial charge in [0.05, 0.1) is 24.4 Å². The van der Waals surface area contributed by atoms with E-state index in [1.807, 2.05) is 13.8 Å². The second-order valence-electron chi connectivity index (χ2n) is 21.9. The fourth-order valence-corrected chi connectivity index (χ4v) is 10.6. The number of methoxy groups -OCH3 is 2. The van der Waals surface area contributed by atoms with E-state index in [0.717, 1.165) is 98.0 Å². The normalized spacial score (nSPS) is 18.7. The average molecular weight is 875 g/mol. The molecule has 0 aromatic heterocycles. The van der Waals surface area contributed by atoms with Crippen LogP contribution in [0.2, 0.25) is 0 Å². The maximum absolute atomic E-state index is 13.3. The van der Waals surface area contributed by atoms with Crippen LogP contribution in [-0.4, -0.2) is 32.9 Å². The Morgan fingerprint density at radius 2 is 1.21 bits per heavy atom. The maximum atomic E-state index is 13.3. The van der Waals surface area contributed by atoms with Crippen molar-refractivity contribution in [3.8, 4) is 17.2 Å². The van der Waals surface area contributed by atoms with Crippen molar-refractivity contribution in [3.05, 3.63) is 133 Å². The van der Waals surface area contributed by atoms with Crippen LogP contribution in [0.15, 0.2) is 83.2 Å². The van der Waals surface area contributed by atoms with E-state index < -0.39 is 20.2 Å². The van der Waals surface area contributed by atoms with E-state index in [-0.39, 0.29) is 33.7 Å². The minimum absolute atomic E-state index is 0.0984. The van der Waals surface area contributed by atoms with Crippen LogP contribution in [0.5, 0.6) is 17.2 Å². The van der Waals surface area contributed by atoms with E-state index in [9.17, 15) is 9.59 Å². The molecule has 0 radical (unpaired) electrons. The van der Waals surface area contributed by atoms with E-state index >= 15 is 0 Å². The fraction of sp³-hybridized carbons (Fsp3) is 0.500. The molecule has 0 N–H and O–H groups in total. The quantitative estimate of drug-likeness (QED) is 0.126. The monoisotopic (exact) mass is 875 g/mol. The lowest BCUT2D eigenvalue weighted by molar-refractivity contribution is -0.111. The van der Waals surface area contributed by atoms with Crippen LogP contribution >= 0.6 is 8.38 Å². The minimum Gasteiger partial charge on any atom is -0.496 e. The molecule has 5 atom stereocenters. The number of aldehydes is 2. The average Bonchev–Trinajstić information content (AvgIpc) is 3.18. The van der Waals surface area contributed by atoms with Crippen LogP contribution in [0.4, 0.5) is 0 Å². The summed E-state index contributed by atoms with van der Waals surface area (Å²) in [6.45, 7) is 34.6. The van der Waals surface area contributed by atoms with Crippen molar-refractivity contribution in [2.24, 2.45) is 16.7 Å². The predicted octanol–water partition coefficient (Wildman–Crippen LogP) is 14.7. The molecule has 340 valence electrons. The van der Waals surface area contributed by atoms with Gasteiger partial charge in [-0.25, -0.2) is 0 Å². The third kappa shape index (κ3) is 11.0. The highest BCUT2D eigenvalue weighted by atomic mass is 31.2. The highest BCUT2D eigenvalue weighted by molar-refractivity contribution is 7.53. The summed E-state index contributed by atoms with van der Waals surface area (Å²) < 4.78 is 26.4. The van der Waals surface area contributed by atoms with Gasteiger partial charge in [0.15, 0.2) is 0 Å². The van der Waals surface area contributed by atoms with Crippen molar-refractivity contribution in [2.75, 3.05) is 14.2 Å². The standard InChI is InChI=1S/C56H75O6P/c1-34-24-38(45(32-57)43-28-40(53(5,6)7)30-47(51(43)59-17)55(11,12)13)25-35(2)49(34)61-63(42-22-20-19-21-23-42)62-50-36(3)26-39(27-37(50)4)46(33-58)44-29-41(54(8,9)10)31-48(52(44)60-18)56(14,15)16/h20,22-33,43,45-46,51H,19,21H2,1-18H3. The Kier molecular flexibility index (Phi) is 15.1. The minimum atomic E-state index is -1.62. The van der Waals surface area contributed by atoms with Crippen molar-refractivity contribution >= 4 is 20.9 Å². The number of rotatable bonds is 13. The zero-order chi connectivity index (χ0) is 47.0. The molecule has 0 aliphatic heterocycles. The lowest BCUT2D eigenvalue weighted by Crippen LogP contribution is -2.37. The Bertz CT molecular complexity index is 2270. The number of aryl methyl sites for hydroxylation is 4. The van der Waals surface area contributed by atoms with E-state index in [1.54, 1.807) is 14.2 Å². The molecule has 7 heteroatoms. The first-order valence-corrected chi connectivity index (χ1v) is 23.8. The van der Waals surface area contributed by atoms with E-state index in [1.165, 1.54) is 11.1 Å². The fourth-order valence-electron chi connectivity index (χ4n) is 8.96. The maximum Gasteiger partial charge on any atom is 0.325 e. The van der Waals surface area contributed by atoms with Gasteiger partial charge in [-0.1, -0.05) is 150 Å². The Morgan fingerprint density at radius 3 is 1.62 bits per heavy atom. The van der Waals surface area contributed by atoms with Gasteiger partial charge in [-0.05, 0) is 112 Å². The molecule has 0 saturated heterocycles. The summed E-state index contributed by atoms with van der Waals surface area (Å²) in [6, 6.07) is 12.7. The summed E-state index contributed by atoms with van der Waals surface area (Å²) in [5.74, 6) is 1.08. The van der Waals surface area contributed by atoms with Crippen LogP contribution in [0, 0.1) is 44.4 Å². The number of hydrogen-bond donors (Lipinski definition) is 0. The molecule has 0 spiro atoms. The molecule has 6 nitrogen and oxygen atoms in total. The van der Waals surface area contributed by atoms with Crippen molar-refractivity contribution < 1.29 is 28.1 Å². The summed E-state index contributed by atoms with van der Waals surface area (Å²) in [7, 11) is 1.83. The first-order valence-electron chi connectivity index (χ1n) is 22.6. The molecular weight excluding hydrogens is 800 g/mol. The van der Waals surface area contributed by atoms with E-state index in [0.29, 0.717) is 0 Å². The summed E-state index contributed by atoms with van der Waals surface area (Å²) in [5.41, 5.74) is 10.5. The summed E-state index contributed by atoms with van der Waals surface area (Å²) in [6.07, 6.45) is 14.8. The summed E-state index contributed by atoms with van der Waals surface area (Å²) in [4.78, 5) is 26.5. The van der Waals surface area contributed by atoms with Gasteiger partial charge in [0.2, 0.25) is 0 Å². The Morgan fingerprint density at radius 1 is 0.651 bits per heavy atom. The highest BCUT2D eigenvalue weighted by Crippen LogP contribution is 2.53. The number of allylic oxidation sites excluding steroid dienone is 6. The molecule has 2 aliphatic rings. The first-order chi connectivity index (χ1) is 29.2. The molecule has 3 aromatic rings. The van der Waals surface area contributed by atoms with Crippen LogP contribution in [0.3, 0.4) is 0 Å². The number of carbonyl (C=O) groups excluding carboxylic acids is 2. The van der Waals surface area contributed by atoms with Gasteiger partial charge in [-0.3, -0.25) is 0 Å². The topological polar surface area (TPSA) is 71.1 Å². The second-order valence-corrected chi connectivity index (χ2v) is 23.3. The SMILES string of the molecule is COc1c(C(C=O)c2cc(C)c(OP(Oc3c(C)cc(C(C=O)C4C=C(C(C)(C)C)C=C(C(C)(C)C)C4OC)cc3C)C3=CCCC=C3)c(C)c2)cc(C(C)(C)C)cc1C(C)(C)C. The molecular formula is C56H75O6P. The zero-order valence-electron chi connectivity index (χ0n) is 41.6. The number of hydrogen-bond acceptors (Lipinski definition) is 6. The highest BCUT2D eigenvalue weighted by Gasteiger charge is 2.40. The molecule has 5 unspecified atom stereocenters. The van der Waals surface area contributed by atoms with Crippen LogP contribution in [0.1, 0.15) is 158 Å². The van der Waals surface area contributed by atoms with Gasteiger partial charge >= 0.3 is 8.38 Å². The lowest BCUT2D eigenvalue weighted by atomic mass is 9.67. The number of ether oxygens (including phenoxy) is 2. The smallest absolute Gasteiger partial charge is 0.325 e. The van der Waals surface area contributed by atoms with E-state index in [2.05, 4.69) is 164 Å². The Labute approximate surface area is 381 Å². The van der Waals surface area contributed by atoms with Gasteiger partial charge in [-0.2, -0.15) is 0 Å². The molecule has 2 aliphatic carbocycles. The molecule has 0 bridgehead atoms. The van der Waals surface area contributed by atoms with Gasteiger partial charge in [0.25, 0.3) is 0 Å². The molecule has 0 heterocycles. The molecule has 63 heavy (non-hydrogen) atoms. The largest absolute Gasteiger partial charge is 0.496 e. The molecule has 3 aromatic carbocycles. The molecule has 5 rings (SSSR count). The summed E-state index contributed by atoms with van der Waals surface area (Å²) >= 11 is 0. The van der Waals surface area contributed by atoms with Crippen molar-refractivity contribution in [3.63, 3.8) is 0 Å². The van der Waals surface area contributed by atoms with Gasteiger partial charge < -0.3 is 28.1 Å². The Hall–Kier alpha value is -4.25. The van der Waals surface area contributed by atoms with Crippen molar-refractivity contribution in [1.29, 1.82) is 0 Å². The number of carbonyl (C=O) groups is 2. The van der Waals surface area contributed by atoms with Crippen LogP contribution < -0.4 is 13.8 Å². The van der Waals surface area contributed by atoms with Crippen LogP contribution in [0.25, 0.3) is 0 Å². The van der Waals surface area contributed by atoms with Gasteiger partial charge in [-0.15, -0.1) is 0 Å². The second kappa shape index (κ2) is 19.1. The number of benzene rings is 3. The molecule has 0 fully saturated rings. The lowest BCUT2D eigenvalue weighted by Gasteiger charge is -2.41. The van der Waals surface area contributed by atoms with Gasteiger partial charge in [0, 0.05) is 30.1 Å². The van der Waals surface area contributed by atoms with E-state index in [4.69, 9.17) is 18.5 Å². The first kappa shape index (κ1) is 49.8. The zero-order valence-corrected chi connectivity index (χ0v) is 42.5. The van der Waals surface area contributed by atoms with Crippen LogP contribution in [-0.2, 0) is 25.2 Å². The molecule has 0 amide bonds.